The van der Waals surface area contributed by atoms with E-state index in [2.05, 4.69) is 5.32 Å². The molecule has 0 unspecified atom stereocenters. The maximum atomic E-state index is 11.9. The second kappa shape index (κ2) is 5.26. The zero-order chi connectivity index (χ0) is 14.0. The lowest BCUT2D eigenvalue weighted by molar-refractivity contribution is -0.136. The molecule has 100 valence electrons. The number of hydrogen-bond donors (Lipinski definition) is 1. The second-order valence-corrected chi connectivity index (χ2v) is 4.69. The molecule has 0 aliphatic carbocycles. The van der Waals surface area contributed by atoms with Gasteiger partial charge in [0.25, 0.3) is 0 Å². The third-order valence-corrected chi connectivity index (χ3v) is 3.44. The van der Waals surface area contributed by atoms with E-state index in [1.54, 1.807) is 6.92 Å². The van der Waals surface area contributed by atoms with Gasteiger partial charge in [-0.1, -0.05) is 24.3 Å². The molecule has 19 heavy (non-hydrogen) atoms. The Bertz CT molecular complexity index is 560. The highest BCUT2D eigenvalue weighted by Crippen LogP contribution is 2.34. The number of aryl methyl sites for hydroxylation is 1. The highest BCUT2D eigenvalue weighted by molar-refractivity contribution is 5.95. The molecule has 0 saturated heterocycles. The van der Waals surface area contributed by atoms with Crippen molar-refractivity contribution < 1.29 is 14.3 Å². The first-order valence-corrected chi connectivity index (χ1v) is 6.19. The molecule has 1 heterocycles. The lowest BCUT2D eigenvalue weighted by Crippen LogP contribution is -2.34. The van der Waals surface area contributed by atoms with Crippen molar-refractivity contribution >= 4 is 11.9 Å². The van der Waals surface area contributed by atoms with Crippen LogP contribution in [0.15, 0.2) is 35.5 Å². The number of benzene rings is 1. The average Bonchev–Trinajstić information content (AvgIpc) is 2.37. The van der Waals surface area contributed by atoms with Crippen molar-refractivity contribution in [3.63, 3.8) is 0 Å². The van der Waals surface area contributed by atoms with Crippen LogP contribution in [0.1, 0.15) is 30.4 Å². The van der Waals surface area contributed by atoms with E-state index < -0.39 is 0 Å². The van der Waals surface area contributed by atoms with Gasteiger partial charge >= 0.3 is 5.97 Å². The smallest absolute Gasteiger partial charge is 0.336 e. The number of amides is 1. The molecule has 0 spiro atoms. The molecule has 1 N–H and O–H groups in total. The number of nitrogens with one attached hydrogen (secondary N) is 1. The van der Waals surface area contributed by atoms with E-state index >= 15 is 0 Å². The molecule has 0 fully saturated rings. The Hall–Kier alpha value is -2.10. The zero-order valence-electron chi connectivity index (χ0n) is 11.3. The van der Waals surface area contributed by atoms with Crippen molar-refractivity contribution in [2.24, 2.45) is 0 Å². The summed E-state index contributed by atoms with van der Waals surface area (Å²) in [5.41, 5.74) is 3.18. The number of allylic oxidation sites excluding steroid dienone is 1. The summed E-state index contributed by atoms with van der Waals surface area (Å²) >= 11 is 0. The molecule has 0 saturated carbocycles. The van der Waals surface area contributed by atoms with E-state index in [0.717, 1.165) is 11.1 Å². The lowest BCUT2D eigenvalue weighted by Gasteiger charge is -2.27. The molecule has 0 bridgehead atoms. The van der Waals surface area contributed by atoms with Gasteiger partial charge < -0.3 is 10.1 Å². The molecule has 4 nitrogen and oxygen atoms in total. The van der Waals surface area contributed by atoms with Gasteiger partial charge in [-0.3, -0.25) is 4.79 Å². The summed E-state index contributed by atoms with van der Waals surface area (Å²) in [6, 6.07) is 7.79. The van der Waals surface area contributed by atoms with Gasteiger partial charge in [-0.25, -0.2) is 4.79 Å². The van der Waals surface area contributed by atoms with Crippen LogP contribution in [-0.4, -0.2) is 19.0 Å². The SMILES string of the molecule is COC(=O)C1=C(C)NC(=O)C[C@H]1c1ccccc1C. The van der Waals surface area contributed by atoms with Crippen molar-refractivity contribution in [3.8, 4) is 0 Å². The normalized spacial score (nSPS) is 19.1. The van der Waals surface area contributed by atoms with E-state index in [1.807, 2.05) is 31.2 Å². The van der Waals surface area contributed by atoms with Gasteiger partial charge in [0.1, 0.15) is 0 Å². The van der Waals surface area contributed by atoms with E-state index in [4.69, 9.17) is 4.74 Å². The Kier molecular flexibility index (Phi) is 3.69. The molecule has 1 aliphatic heterocycles. The Morgan fingerprint density at radius 3 is 2.63 bits per heavy atom. The van der Waals surface area contributed by atoms with Crippen LogP contribution < -0.4 is 5.32 Å². The molecule has 1 atom stereocenters. The maximum Gasteiger partial charge on any atom is 0.336 e. The largest absolute Gasteiger partial charge is 0.466 e. The molecular weight excluding hydrogens is 242 g/mol. The molecule has 0 radical (unpaired) electrons. The van der Waals surface area contributed by atoms with E-state index in [1.165, 1.54) is 7.11 Å². The van der Waals surface area contributed by atoms with Crippen LogP contribution in [0.2, 0.25) is 0 Å². The lowest BCUT2D eigenvalue weighted by atomic mass is 9.82. The first-order valence-electron chi connectivity index (χ1n) is 6.19. The minimum atomic E-state index is -0.384. The van der Waals surface area contributed by atoms with Gasteiger partial charge in [-0.15, -0.1) is 0 Å². The van der Waals surface area contributed by atoms with Crippen LogP contribution in [0, 0.1) is 6.92 Å². The van der Waals surface area contributed by atoms with Crippen molar-refractivity contribution in [1.82, 2.24) is 5.32 Å². The minimum absolute atomic E-state index is 0.0709. The predicted octanol–water partition coefficient (Wildman–Crippen LogP) is 2.05. The summed E-state index contributed by atoms with van der Waals surface area (Å²) in [6.07, 6.45) is 0.270. The van der Waals surface area contributed by atoms with E-state index in [9.17, 15) is 9.59 Å². The summed E-state index contributed by atoms with van der Waals surface area (Å²) in [6.45, 7) is 3.71. The van der Waals surface area contributed by atoms with Gasteiger partial charge in [0, 0.05) is 18.0 Å². The fourth-order valence-corrected chi connectivity index (χ4v) is 2.52. The van der Waals surface area contributed by atoms with E-state index in [-0.39, 0.29) is 24.2 Å². The third-order valence-electron chi connectivity index (χ3n) is 3.44. The minimum Gasteiger partial charge on any atom is -0.466 e. The van der Waals surface area contributed by atoms with Crippen molar-refractivity contribution in [1.29, 1.82) is 0 Å². The highest BCUT2D eigenvalue weighted by Gasteiger charge is 2.32. The van der Waals surface area contributed by atoms with Gasteiger partial charge in [0.05, 0.1) is 12.7 Å². The Morgan fingerprint density at radius 1 is 1.32 bits per heavy atom. The zero-order valence-corrected chi connectivity index (χ0v) is 11.3. The Labute approximate surface area is 112 Å². The summed E-state index contributed by atoms with van der Waals surface area (Å²) in [5.74, 6) is -0.688. The first-order chi connectivity index (χ1) is 9.04. The van der Waals surface area contributed by atoms with Gasteiger partial charge in [-0.05, 0) is 25.0 Å². The number of carbonyl (C=O) groups excluding carboxylic acids is 2. The van der Waals surface area contributed by atoms with Crippen LogP contribution in [-0.2, 0) is 14.3 Å². The average molecular weight is 259 g/mol. The standard InChI is InChI=1S/C15H17NO3/c1-9-6-4-5-7-11(9)12-8-13(17)16-10(2)14(12)15(18)19-3/h4-7,12H,8H2,1-3H3,(H,16,17)/t12-/m0/s1. The molecule has 0 aromatic heterocycles. The van der Waals surface area contributed by atoms with Gasteiger partial charge in [0.15, 0.2) is 0 Å². The summed E-state index contributed by atoms with van der Waals surface area (Å²) in [7, 11) is 1.36. The van der Waals surface area contributed by atoms with Crippen LogP contribution in [0.4, 0.5) is 0 Å². The van der Waals surface area contributed by atoms with Gasteiger partial charge in [-0.2, -0.15) is 0 Å². The summed E-state index contributed by atoms with van der Waals surface area (Å²) < 4.78 is 4.84. The van der Waals surface area contributed by atoms with Crippen LogP contribution in [0.5, 0.6) is 0 Å². The Balaban J connectivity index is 2.53. The highest BCUT2D eigenvalue weighted by atomic mass is 16.5. The quantitative estimate of drug-likeness (QED) is 0.827. The fourth-order valence-electron chi connectivity index (χ4n) is 2.52. The maximum absolute atomic E-state index is 11.9. The molecule has 4 heteroatoms. The van der Waals surface area contributed by atoms with Crippen LogP contribution in [0.3, 0.4) is 0 Å². The molecule has 1 aromatic rings. The molecule has 1 aliphatic rings. The number of hydrogen-bond acceptors (Lipinski definition) is 3. The van der Waals surface area contributed by atoms with Crippen LogP contribution >= 0.6 is 0 Å². The van der Waals surface area contributed by atoms with Gasteiger partial charge in [0.2, 0.25) is 5.91 Å². The topological polar surface area (TPSA) is 55.4 Å². The fraction of sp³-hybridized carbons (Fsp3) is 0.333. The summed E-state index contributed by atoms with van der Waals surface area (Å²) in [5, 5.41) is 2.70. The van der Waals surface area contributed by atoms with Crippen molar-refractivity contribution in [2.75, 3.05) is 7.11 Å². The molecule has 1 amide bonds. The first kappa shape index (κ1) is 13.3. The van der Waals surface area contributed by atoms with Crippen molar-refractivity contribution in [3.05, 3.63) is 46.7 Å². The predicted molar refractivity (Wildman–Crippen MR) is 71.4 cm³/mol. The number of rotatable bonds is 2. The number of esters is 1. The van der Waals surface area contributed by atoms with Crippen LogP contribution in [0.25, 0.3) is 0 Å². The van der Waals surface area contributed by atoms with Crippen molar-refractivity contribution in [2.45, 2.75) is 26.2 Å². The monoisotopic (exact) mass is 259 g/mol. The Morgan fingerprint density at radius 2 is 2.00 bits per heavy atom. The number of methoxy groups -OCH3 is 1. The number of carbonyl (C=O) groups is 2. The van der Waals surface area contributed by atoms with E-state index in [0.29, 0.717) is 11.3 Å². The summed E-state index contributed by atoms with van der Waals surface area (Å²) in [4.78, 5) is 23.7. The third kappa shape index (κ3) is 2.52. The molecular formula is C15H17NO3. The molecule has 2 rings (SSSR count). The molecule has 1 aromatic carbocycles. The second-order valence-electron chi connectivity index (χ2n) is 4.69. The number of ether oxygens (including phenoxy) is 1.